The molecule has 1 spiro atoms. The zero-order chi connectivity index (χ0) is 18.9. The Morgan fingerprint density at radius 1 is 1.19 bits per heavy atom. The van der Waals surface area contributed by atoms with E-state index in [9.17, 15) is 15.0 Å². The predicted octanol–water partition coefficient (Wildman–Crippen LogP) is 4.85. The van der Waals surface area contributed by atoms with Crippen LogP contribution in [-0.2, 0) is 6.42 Å². The summed E-state index contributed by atoms with van der Waals surface area (Å²) in [5, 5.41) is 20.2. The summed E-state index contributed by atoms with van der Waals surface area (Å²) in [6, 6.07) is 1.58. The van der Waals surface area contributed by atoms with Crippen molar-refractivity contribution >= 4 is 6.29 Å². The van der Waals surface area contributed by atoms with E-state index in [1.165, 1.54) is 19.3 Å². The largest absolute Gasteiger partial charge is 0.504 e. The average Bonchev–Trinajstić information content (AvgIpc) is 2.94. The van der Waals surface area contributed by atoms with Gasteiger partial charge in [-0.15, -0.1) is 0 Å². The molecule has 2 N–H and O–H groups in total. The molecule has 0 bridgehead atoms. The van der Waals surface area contributed by atoms with Gasteiger partial charge in [-0.25, -0.2) is 0 Å². The number of rotatable bonds is 1. The summed E-state index contributed by atoms with van der Waals surface area (Å²) in [5.74, 6) is 0.794. The van der Waals surface area contributed by atoms with Gasteiger partial charge in [0.25, 0.3) is 0 Å². The summed E-state index contributed by atoms with van der Waals surface area (Å²) >= 11 is 0. The lowest BCUT2D eigenvalue weighted by Gasteiger charge is -2.63. The number of carbonyl (C=O) groups excluding carboxylic acids is 1. The van der Waals surface area contributed by atoms with Gasteiger partial charge in [0.1, 0.15) is 16.9 Å². The third kappa shape index (κ3) is 2.04. The lowest BCUT2D eigenvalue weighted by Crippen LogP contribution is -2.64. The van der Waals surface area contributed by atoms with Crippen LogP contribution < -0.4 is 4.74 Å². The van der Waals surface area contributed by atoms with Crippen LogP contribution in [0.3, 0.4) is 0 Å². The molecule has 4 nitrogen and oxygen atoms in total. The smallest absolute Gasteiger partial charge is 0.171 e. The van der Waals surface area contributed by atoms with E-state index >= 15 is 0 Å². The molecular weight excluding hydrogens is 328 g/mol. The maximum atomic E-state index is 11.6. The molecule has 0 saturated heterocycles. The molecule has 2 saturated carbocycles. The second-order valence-electron chi connectivity index (χ2n) is 9.72. The Hall–Kier alpha value is -1.71. The van der Waals surface area contributed by atoms with Gasteiger partial charge in [0.2, 0.25) is 0 Å². The van der Waals surface area contributed by atoms with E-state index < -0.39 is 0 Å². The number of aldehydes is 1. The first kappa shape index (κ1) is 17.7. The van der Waals surface area contributed by atoms with Gasteiger partial charge >= 0.3 is 0 Å². The molecule has 1 aromatic rings. The molecule has 1 unspecified atom stereocenters. The second-order valence-corrected chi connectivity index (χ2v) is 9.72. The summed E-state index contributed by atoms with van der Waals surface area (Å²) in [4.78, 5) is 11.6. The van der Waals surface area contributed by atoms with E-state index in [0.29, 0.717) is 30.3 Å². The number of aromatic hydroxyl groups is 2. The van der Waals surface area contributed by atoms with Crippen LogP contribution in [0.5, 0.6) is 17.2 Å². The van der Waals surface area contributed by atoms with Crippen LogP contribution in [0.4, 0.5) is 0 Å². The monoisotopic (exact) mass is 358 g/mol. The molecule has 142 valence electrons. The number of hydrogen-bond donors (Lipinski definition) is 2. The number of carbonyl (C=O) groups is 1. The molecule has 3 aliphatic rings. The van der Waals surface area contributed by atoms with Crippen molar-refractivity contribution in [3.8, 4) is 17.2 Å². The third-order valence-corrected chi connectivity index (χ3v) is 8.08. The maximum absolute atomic E-state index is 11.6. The molecule has 1 heterocycles. The van der Waals surface area contributed by atoms with Crippen molar-refractivity contribution in [2.75, 3.05) is 0 Å². The van der Waals surface area contributed by atoms with Crippen LogP contribution in [0.25, 0.3) is 0 Å². The molecule has 4 atom stereocenters. The third-order valence-electron chi connectivity index (χ3n) is 8.08. The van der Waals surface area contributed by atoms with E-state index in [0.717, 1.165) is 18.4 Å². The molecule has 0 aromatic heterocycles. The summed E-state index contributed by atoms with van der Waals surface area (Å²) < 4.78 is 6.67. The summed E-state index contributed by atoms with van der Waals surface area (Å²) in [6.45, 7) is 9.40. The zero-order valence-corrected chi connectivity index (χ0v) is 16.3. The van der Waals surface area contributed by atoms with Crippen molar-refractivity contribution in [1.82, 2.24) is 0 Å². The van der Waals surface area contributed by atoms with Crippen LogP contribution in [0.15, 0.2) is 6.07 Å². The van der Waals surface area contributed by atoms with Crippen molar-refractivity contribution in [3.63, 3.8) is 0 Å². The predicted molar refractivity (Wildman–Crippen MR) is 99.8 cm³/mol. The van der Waals surface area contributed by atoms with Crippen molar-refractivity contribution < 1.29 is 19.7 Å². The van der Waals surface area contributed by atoms with Crippen molar-refractivity contribution in [1.29, 1.82) is 0 Å². The van der Waals surface area contributed by atoms with Crippen LogP contribution >= 0.6 is 0 Å². The summed E-state index contributed by atoms with van der Waals surface area (Å²) in [5.41, 5.74) is 0.838. The highest BCUT2D eigenvalue weighted by Gasteiger charge is 2.65. The number of benzene rings is 1. The van der Waals surface area contributed by atoms with Crippen LogP contribution in [0.1, 0.15) is 75.7 Å². The van der Waals surface area contributed by atoms with Crippen molar-refractivity contribution in [3.05, 3.63) is 17.2 Å². The van der Waals surface area contributed by atoms with Gasteiger partial charge in [-0.2, -0.15) is 0 Å². The minimum absolute atomic E-state index is 0.0107. The highest BCUT2D eigenvalue weighted by molar-refractivity contribution is 5.86. The van der Waals surface area contributed by atoms with Gasteiger partial charge in [-0.3, -0.25) is 4.79 Å². The molecule has 4 heteroatoms. The Morgan fingerprint density at radius 3 is 2.62 bits per heavy atom. The zero-order valence-electron chi connectivity index (χ0n) is 16.3. The highest BCUT2D eigenvalue weighted by Crippen LogP contribution is 2.66. The molecule has 2 aliphatic carbocycles. The lowest BCUT2D eigenvalue weighted by atomic mass is 9.44. The first-order chi connectivity index (χ1) is 12.2. The van der Waals surface area contributed by atoms with E-state index in [4.69, 9.17) is 4.74 Å². The quantitative estimate of drug-likeness (QED) is 0.556. The molecule has 4 rings (SSSR count). The molecule has 1 aromatic carbocycles. The lowest BCUT2D eigenvalue weighted by molar-refractivity contribution is -0.184. The standard InChI is InChI=1S/C22H30O4/c1-13-6-7-17-20(2,3)8-5-9-21(17,4)22(13)11-14-10-16(24)18(25)15(12-23)19(14)26-22/h10,12-13,17,24-25H,5-9,11H2,1-4H3/t13-,17?,21+,22-/m1/s1. The summed E-state index contributed by atoms with van der Waals surface area (Å²) in [7, 11) is 0. The van der Waals surface area contributed by atoms with Gasteiger partial charge < -0.3 is 14.9 Å². The Bertz CT molecular complexity index is 768. The van der Waals surface area contributed by atoms with E-state index in [-0.39, 0.29) is 33.5 Å². The second kappa shape index (κ2) is 5.40. The molecular formula is C22H30O4. The molecule has 2 fully saturated rings. The van der Waals surface area contributed by atoms with Gasteiger partial charge in [0.05, 0.1) is 0 Å². The topological polar surface area (TPSA) is 66.8 Å². The fraction of sp³-hybridized carbons (Fsp3) is 0.682. The van der Waals surface area contributed by atoms with Crippen LogP contribution in [-0.4, -0.2) is 22.1 Å². The molecule has 0 radical (unpaired) electrons. The fourth-order valence-corrected chi connectivity index (χ4v) is 6.72. The number of phenols is 2. The first-order valence-corrected chi connectivity index (χ1v) is 9.88. The van der Waals surface area contributed by atoms with E-state index in [1.807, 2.05) is 0 Å². The minimum atomic E-state index is -0.381. The summed E-state index contributed by atoms with van der Waals surface area (Å²) in [6.07, 6.45) is 7.16. The highest BCUT2D eigenvalue weighted by atomic mass is 16.5. The van der Waals surface area contributed by atoms with Crippen LogP contribution in [0.2, 0.25) is 0 Å². The Morgan fingerprint density at radius 2 is 1.92 bits per heavy atom. The van der Waals surface area contributed by atoms with E-state index in [1.54, 1.807) is 6.07 Å². The van der Waals surface area contributed by atoms with Crippen molar-refractivity contribution in [2.45, 2.75) is 71.8 Å². The number of phenolic OH excluding ortho intramolecular Hbond substituents is 2. The minimum Gasteiger partial charge on any atom is -0.504 e. The Balaban J connectivity index is 1.86. The number of fused-ring (bicyclic) bond motifs is 3. The molecule has 1 aliphatic heterocycles. The van der Waals surface area contributed by atoms with Gasteiger partial charge in [0.15, 0.2) is 17.8 Å². The number of ether oxygens (including phenoxy) is 1. The Labute approximate surface area is 155 Å². The molecule has 26 heavy (non-hydrogen) atoms. The maximum Gasteiger partial charge on any atom is 0.171 e. The van der Waals surface area contributed by atoms with Crippen molar-refractivity contribution in [2.24, 2.45) is 22.7 Å². The van der Waals surface area contributed by atoms with Gasteiger partial charge in [0, 0.05) is 17.4 Å². The Kier molecular flexibility index (Phi) is 3.67. The van der Waals surface area contributed by atoms with Gasteiger partial charge in [-0.1, -0.05) is 34.1 Å². The van der Waals surface area contributed by atoms with Crippen LogP contribution in [0, 0.1) is 22.7 Å². The normalized spacial score (nSPS) is 37.7. The molecule has 0 amide bonds. The fourth-order valence-electron chi connectivity index (χ4n) is 6.72. The van der Waals surface area contributed by atoms with Gasteiger partial charge in [-0.05, 0) is 49.0 Å². The first-order valence-electron chi connectivity index (χ1n) is 9.88. The number of hydrogen-bond acceptors (Lipinski definition) is 4. The SMILES string of the molecule is C[C@@H]1CCC2C(C)(C)CCC[C@]2(C)[C@@]12Cc1cc(O)c(O)c(C=O)c1O2. The average molecular weight is 358 g/mol. The van der Waals surface area contributed by atoms with E-state index in [2.05, 4.69) is 27.7 Å².